The molecule has 0 saturated carbocycles. The van der Waals surface area contributed by atoms with Crippen molar-refractivity contribution in [1.82, 2.24) is 4.90 Å². The highest BCUT2D eigenvalue weighted by atomic mass is 16.2. The van der Waals surface area contributed by atoms with Crippen molar-refractivity contribution in [3.63, 3.8) is 0 Å². The third kappa shape index (κ3) is 3.49. The second-order valence-electron chi connectivity index (χ2n) is 7.31. The van der Waals surface area contributed by atoms with Gasteiger partial charge in [-0.25, -0.2) is 0 Å². The summed E-state index contributed by atoms with van der Waals surface area (Å²) in [6.45, 7) is 10.7. The molecule has 22 heavy (non-hydrogen) atoms. The molecule has 4 nitrogen and oxygen atoms in total. The number of anilines is 1. The molecule has 1 aliphatic rings. The average Bonchev–Trinajstić information content (AvgIpc) is 2.81. The van der Waals surface area contributed by atoms with E-state index in [0.717, 1.165) is 11.3 Å². The fourth-order valence-electron chi connectivity index (χ4n) is 2.88. The average molecular weight is 302 g/mol. The molecule has 1 heterocycles. The molecule has 0 aliphatic carbocycles. The molecule has 1 saturated heterocycles. The number of carbonyl (C=O) groups excluding carboxylic acids is 2. The van der Waals surface area contributed by atoms with Gasteiger partial charge in [-0.2, -0.15) is 0 Å². The largest absolute Gasteiger partial charge is 0.337 e. The molecule has 1 aliphatic heterocycles. The van der Waals surface area contributed by atoms with Crippen LogP contribution in [0, 0.1) is 5.92 Å². The van der Waals surface area contributed by atoms with Crippen molar-refractivity contribution in [2.75, 3.05) is 11.9 Å². The van der Waals surface area contributed by atoms with Crippen LogP contribution in [0.3, 0.4) is 0 Å². The van der Waals surface area contributed by atoms with E-state index in [1.807, 2.05) is 45.0 Å². The predicted octanol–water partition coefficient (Wildman–Crippen LogP) is 3.40. The number of likely N-dealkylation sites (tertiary alicyclic amines) is 1. The van der Waals surface area contributed by atoms with Crippen LogP contribution in [0.25, 0.3) is 0 Å². The fourth-order valence-corrected chi connectivity index (χ4v) is 2.88. The number of nitrogens with zero attached hydrogens (tertiary/aromatic N) is 1. The molecule has 0 radical (unpaired) electrons. The molecule has 1 aromatic rings. The van der Waals surface area contributed by atoms with Gasteiger partial charge < -0.3 is 10.2 Å². The van der Waals surface area contributed by atoms with Crippen molar-refractivity contribution in [2.24, 2.45) is 5.92 Å². The van der Waals surface area contributed by atoms with Gasteiger partial charge in [0.25, 0.3) is 0 Å². The van der Waals surface area contributed by atoms with Crippen molar-refractivity contribution >= 4 is 17.5 Å². The van der Waals surface area contributed by atoms with Crippen LogP contribution in [-0.4, -0.2) is 28.8 Å². The molecule has 1 atom stereocenters. The summed E-state index contributed by atoms with van der Waals surface area (Å²) in [7, 11) is 0. The highest BCUT2D eigenvalue weighted by Crippen LogP contribution is 2.28. The molecule has 120 valence electrons. The first-order valence-electron chi connectivity index (χ1n) is 7.90. The van der Waals surface area contributed by atoms with Crippen LogP contribution in [0.15, 0.2) is 24.3 Å². The van der Waals surface area contributed by atoms with Gasteiger partial charge in [-0.15, -0.1) is 0 Å². The fraction of sp³-hybridized carbons (Fsp3) is 0.556. The molecule has 0 bridgehead atoms. The van der Waals surface area contributed by atoms with Crippen LogP contribution < -0.4 is 5.32 Å². The van der Waals surface area contributed by atoms with E-state index in [-0.39, 0.29) is 23.3 Å². The van der Waals surface area contributed by atoms with Gasteiger partial charge >= 0.3 is 0 Å². The Morgan fingerprint density at radius 3 is 2.45 bits per heavy atom. The van der Waals surface area contributed by atoms with Gasteiger partial charge in [0.15, 0.2) is 0 Å². The molecule has 2 rings (SSSR count). The maximum atomic E-state index is 12.5. The van der Waals surface area contributed by atoms with E-state index in [9.17, 15) is 9.59 Å². The Bertz CT molecular complexity index is 573. The van der Waals surface area contributed by atoms with Crippen LogP contribution >= 0.6 is 0 Å². The van der Waals surface area contributed by atoms with Crippen molar-refractivity contribution in [3.8, 4) is 0 Å². The van der Waals surface area contributed by atoms with Gasteiger partial charge in [0, 0.05) is 24.2 Å². The zero-order valence-corrected chi connectivity index (χ0v) is 14.1. The zero-order valence-electron chi connectivity index (χ0n) is 14.1. The Labute approximate surface area is 132 Å². The van der Waals surface area contributed by atoms with Gasteiger partial charge in [0.05, 0.1) is 5.92 Å². The summed E-state index contributed by atoms with van der Waals surface area (Å²) in [5.74, 6) is 0.0673. The molecule has 4 heteroatoms. The maximum absolute atomic E-state index is 12.5. The number of carbonyl (C=O) groups is 2. The molecule has 2 amide bonds. The van der Waals surface area contributed by atoms with Crippen LogP contribution in [-0.2, 0) is 9.59 Å². The van der Waals surface area contributed by atoms with E-state index in [0.29, 0.717) is 18.9 Å². The highest BCUT2D eigenvalue weighted by molar-refractivity contribution is 5.97. The Hall–Kier alpha value is -1.84. The number of nitrogens with one attached hydrogen (secondary N) is 1. The third-order valence-electron chi connectivity index (χ3n) is 4.15. The molecular weight excluding hydrogens is 276 g/mol. The first-order valence-corrected chi connectivity index (χ1v) is 7.90. The SMILES string of the molecule is CC(C)c1ccccc1NC(=O)[C@H]1CC(=O)N(C(C)(C)C)C1. The lowest BCUT2D eigenvalue weighted by Gasteiger charge is -2.32. The van der Waals surface area contributed by atoms with E-state index >= 15 is 0 Å². The molecule has 1 N–H and O–H groups in total. The highest BCUT2D eigenvalue weighted by Gasteiger charge is 2.39. The van der Waals surface area contributed by atoms with E-state index in [2.05, 4.69) is 19.2 Å². The van der Waals surface area contributed by atoms with Crippen molar-refractivity contribution in [2.45, 2.75) is 52.5 Å². The van der Waals surface area contributed by atoms with Crippen molar-refractivity contribution in [1.29, 1.82) is 0 Å². The smallest absolute Gasteiger partial charge is 0.229 e. The summed E-state index contributed by atoms with van der Waals surface area (Å²) in [4.78, 5) is 26.4. The lowest BCUT2D eigenvalue weighted by molar-refractivity contribution is -0.131. The topological polar surface area (TPSA) is 49.4 Å². The Kier molecular flexibility index (Phi) is 4.59. The minimum atomic E-state index is -0.271. The van der Waals surface area contributed by atoms with E-state index < -0.39 is 0 Å². The second kappa shape index (κ2) is 6.11. The van der Waals surface area contributed by atoms with E-state index in [1.165, 1.54) is 0 Å². The molecule has 0 unspecified atom stereocenters. The van der Waals surface area contributed by atoms with Crippen LogP contribution in [0.1, 0.15) is 52.5 Å². The van der Waals surface area contributed by atoms with Gasteiger partial charge in [0.1, 0.15) is 0 Å². The number of para-hydroxylation sites is 1. The first-order chi connectivity index (χ1) is 10.2. The van der Waals surface area contributed by atoms with Gasteiger partial charge in [-0.05, 0) is 38.3 Å². The van der Waals surface area contributed by atoms with Gasteiger partial charge in [0.2, 0.25) is 11.8 Å². The van der Waals surface area contributed by atoms with Crippen molar-refractivity contribution in [3.05, 3.63) is 29.8 Å². The first kappa shape index (κ1) is 16.5. The number of hydrogen-bond acceptors (Lipinski definition) is 2. The predicted molar refractivity (Wildman–Crippen MR) is 88.7 cm³/mol. The monoisotopic (exact) mass is 302 g/mol. The quantitative estimate of drug-likeness (QED) is 0.930. The zero-order chi connectivity index (χ0) is 16.5. The minimum absolute atomic E-state index is 0.0600. The van der Waals surface area contributed by atoms with E-state index in [4.69, 9.17) is 0 Å². The molecular formula is C18H26N2O2. The lowest BCUT2D eigenvalue weighted by Crippen LogP contribution is -2.42. The van der Waals surface area contributed by atoms with Crippen LogP contribution in [0.5, 0.6) is 0 Å². The number of benzene rings is 1. The summed E-state index contributed by atoms with van der Waals surface area (Å²) in [6, 6.07) is 7.85. The third-order valence-corrected chi connectivity index (χ3v) is 4.15. The summed E-state index contributed by atoms with van der Waals surface area (Å²) >= 11 is 0. The lowest BCUT2D eigenvalue weighted by atomic mass is 10.0. The molecule has 1 aromatic carbocycles. The van der Waals surface area contributed by atoms with Crippen LogP contribution in [0.2, 0.25) is 0 Å². The molecule has 1 fully saturated rings. The van der Waals surface area contributed by atoms with Crippen molar-refractivity contribution < 1.29 is 9.59 Å². The minimum Gasteiger partial charge on any atom is -0.337 e. The Morgan fingerprint density at radius 1 is 1.27 bits per heavy atom. The van der Waals surface area contributed by atoms with Gasteiger partial charge in [-0.1, -0.05) is 32.0 Å². The van der Waals surface area contributed by atoms with Gasteiger partial charge in [-0.3, -0.25) is 9.59 Å². The number of rotatable bonds is 3. The summed E-state index contributed by atoms with van der Waals surface area (Å²) in [5.41, 5.74) is 1.74. The normalized spacial score (nSPS) is 18.9. The van der Waals surface area contributed by atoms with Crippen LogP contribution in [0.4, 0.5) is 5.69 Å². The summed E-state index contributed by atoms with van der Waals surface area (Å²) in [5, 5.41) is 3.01. The molecule has 0 spiro atoms. The maximum Gasteiger partial charge on any atom is 0.229 e. The summed E-state index contributed by atoms with van der Waals surface area (Å²) in [6.07, 6.45) is 0.299. The number of amides is 2. The molecule has 0 aromatic heterocycles. The van der Waals surface area contributed by atoms with E-state index in [1.54, 1.807) is 4.90 Å². The summed E-state index contributed by atoms with van der Waals surface area (Å²) < 4.78 is 0. The standard InChI is InChI=1S/C18H26N2O2/c1-12(2)14-8-6-7-9-15(14)19-17(22)13-10-16(21)20(11-13)18(3,4)5/h6-9,12-13H,10-11H2,1-5H3,(H,19,22)/t13-/m0/s1. The second-order valence-corrected chi connectivity index (χ2v) is 7.31. The Balaban J connectivity index is 2.10. The Morgan fingerprint density at radius 2 is 1.91 bits per heavy atom. The number of hydrogen-bond donors (Lipinski definition) is 1.